The molecule has 138 valence electrons. The van der Waals surface area contributed by atoms with Crippen LogP contribution in [0.25, 0.3) is 0 Å². The summed E-state index contributed by atoms with van der Waals surface area (Å²) in [4.78, 5) is 24.9. The summed E-state index contributed by atoms with van der Waals surface area (Å²) in [5.41, 5.74) is 1.04. The second kappa shape index (κ2) is 9.12. The van der Waals surface area contributed by atoms with Crippen molar-refractivity contribution in [3.8, 4) is 0 Å². The van der Waals surface area contributed by atoms with Gasteiger partial charge in [-0.2, -0.15) is 0 Å². The van der Waals surface area contributed by atoms with Crippen molar-refractivity contribution >= 4 is 11.9 Å². The number of carbonyl (C=O) groups is 2. The SMILES string of the molecule is CCOC(C)(OC)OC(=O)c1ccccc1C(=O)OCc1ccccc1. The summed E-state index contributed by atoms with van der Waals surface area (Å²) in [5, 5.41) is 0. The number of hydrogen-bond donors (Lipinski definition) is 0. The zero-order chi connectivity index (χ0) is 19.0. The fourth-order valence-electron chi connectivity index (χ4n) is 2.26. The van der Waals surface area contributed by atoms with Crippen LogP contribution in [0.2, 0.25) is 0 Å². The van der Waals surface area contributed by atoms with Gasteiger partial charge in [-0.05, 0) is 24.6 Å². The van der Waals surface area contributed by atoms with Gasteiger partial charge in [0.15, 0.2) is 0 Å². The van der Waals surface area contributed by atoms with E-state index < -0.39 is 17.9 Å². The Hall–Kier alpha value is -2.70. The van der Waals surface area contributed by atoms with Crippen LogP contribution in [0.15, 0.2) is 54.6 Å². The maximum absolute atomic E-state index is 12.5. The highest BCUT2D eigenvalue weighted by Gasteiger charge is 2.31. The van der Waals surface area contributed by atoms with E-state index in [1.165, 1.54) is 26.2 Å². The van der Waals surface area contributed by atoms with Crippen molar-refractivity contribution in [1.29, 1.82) is 0 Å². The second-order valence-electron chi connectivity index (χ2n) is 5.50. The van der Waals surface area contributed by atoms with Crippen LogP contribution in [0.3, 0.4) is 0 Å². The molecule has 0 aliphatic heterocycles. The molecule has 0 saturated heterocycles. The van der Waals surface area contributed by atoms with E-state index in [2.05, 4.69) is 0 Å². The van der Waals surface area contributed by atoms with E-state index in [-0.39, 0.29) is 17.7 Å². The lowest BCUT2D eigenvalue weighted by Crippen LogP contribution is -2.37. The summed E-state index contributed by atoms with van der Waals surface area (Å²) < 4.78 is 21.0. The predicted molar refractivity (Wildman–Crippen MR) is 94.5 cm³/mol. The first kappa shape index (κ1) is 19.6. The van der Waals surface area contributed by atoms with Gasteiger partial charge in [-0.1, -0.05) is 42.5 Å². The highest BCUT2D eigenvalue weighted by atomic mass is 16.9. The van der Waals surface area contributed by atoms with E-state index >= 15 is 0 Å². The maximum Gasteiger partial charge on any atom is 0.343 e. The van der Waals surface area contributed by atoms with Crippen molar-refractivity contribution < 1.29 is 28.5 Å². The zero-order valence-electron chi connectivity index (χ0n) is 15.1. The monoisotopic (exact) mass is 358 g/mol. The van der Waals surface area contributed by atoms with E-state index in [9.17, 15) is 9.59 Å². The van der Waals surface area contributed by atoms with Crippen molar-refractivity contribution in [2.75, 3.05) is 13.7 Å². The van der Waals surface area contributed by atoms with E-state index in [0.29, 0.717) is 6.61 Å². The number of carbonyl (C=O) groups excluding carboxylic acids is 2. The first-order chi connectivity index (χ1) is 12.5. The minimum atomic E-state index is -1.53. The van der Waals surface area contributed by atoms with Gasteiger partial charge in [0.05, 0.1) is 17.7 Å². The quantitative estimate of drug-likeness (QED) is 0.531. The Kier molecular flexibility index (Phi) is 6.89. The highest BCUT2D eigenvalue weighted by Crippen LogP contribution is 2.19. The number of benzene rings is 2. The van der Waals surface area contributed by atoms with E-state index in [1.807, 2.05) is 30.3 Å². The summed E-state index contributed by atoms with van der Waals surface area (Å²) in [6.45, 7) is 3.63. The predicted octanol–water partition coefficient (Wildman–Crippen LogP) is 3.56. The molecular weight excluding hydrogens is 336 g/mol. The number of ether oxygens (including phenoxy) is 4. The molecule has 26 heavy (non-hydrogen) atoms. The van der Waals surface area contributed by atoms with E-state index in [4.69, 9.17) is 18.9 Å². The van der Waals surface area contributed by atoms with Gasteiger partial charge in [-0.25, -0.2) is 9.59 Å². The third-order valence-electron chi connectivity index (χ3n) is 3.64. The third-order valence-corrected chi connectivity index (χ3v) is 3.64. The molecule has 2 aromatic carbocycles. The molecule has 0 fully saturated rings. The van der Waals surface area contributed by atoms with Gasteiger partial charge in [0.2, 0.25) is 0 Å². The van der Waals surface area contributed by atoms with Crippen LogP contribution in [0.5, 0.6) is 0 Å². The summed E-state index contributed by atoms with van der Waals surface area (Å²) in [5.74, 6) is -2.89. The Morgan fingerprint density at radius 2 is 1.50 bits per heavy atom. The Morgan fingerprint density at radius 1 is 0.923 bits per heavy atom. The standard InChI is InChI=1S/C20H22O6/c1-4-25-20(2,23-3)26-19(22)17-13-9-8-12-16(17)18(21)24-14-15-10-6-5-7-11-15/h5-13H,4,14H2,1-3H3. The van der Waals surface area contributed by atoms with Crippen molar-refractivity contribution in [3.63, 3.8) is 0 Å². The number of methoxy groups -OCH3 is 1. The normalized spacial score (nSPS) is 12.9. The van der Waals surface area contributed by atoms with Crippen molar-refractivity contribution in [2.45, 2.75) is 26.4 Å². The first-order valence-electron chi connectivity index (χ1n) is 8.21. The molecule has 0 saturated carbocycles. The third kappa shape index (κ3) is 5.15. The molecule has 2 rings (SSSR count). The van der Waals surface area contributed by atoms with Crippen LogP contribution in [-0.2, 0) is 25.6 Å². The van der Waals surface area contributed by atoms with Crippen LogP contribution in [0, 0.1) is 0 Å². The lowest BCUT2D eigenvalue weighted by molar-refractivity contribution is -0.332. The second-order valence-corrected chi connectivity index (χ2v) is 5.50. The lowest BCUT2D eigenvalue weighted by atomic mass is 10.1. The van der Waals surface area contributed by atoms with Gasteiger partial charge < -0.3 is 18.9 Å². The Morgan fingerprint density at radius 3 is 2.08 bits per heavy atom. The fraction of sp³-hybridized carbons (Fsp3) is 0.300. The van der Waals surface area contributed by atoms with E-state index in [0.717, 1.165) is 5.56 Å². The molecular formula is C20H22O6. The van der Waals surface area contributed by atoms with Crippen LogP contribution < -0.4 is 0 Å². The van der Waals surface area contributed by atoms with Crippen molar-refractivity contribution in [1.82, 2.24) is 0 Å². The molecule has 0 aliphatic rings. The summed E-state index contributed by atoms with van der Waals surface area (Å²) in [6, 6.07) is 15.6. The average Bonchev–Trinajstić information content (AvgIpc) is 2.67. The van der Waals surface area contributed by atoms with Crippen LogP contribution in [0.1, 0.15) is 40.1 Å². The molecule has 0 bridgehead atoms. The van der Waals surface area contributed by atoms with E-state index in [1.54, 1.807) is 19.1 Å². The number of hydrogen-bond acceptors (Lipinski definition) is 6. The molecule has 0 N–H and O–H groups in total. The topological polar surface area (TPSA) is 71.1 Å². The Balaban J connectivity index is 2.13. The molecule has 1 atom stereocenters. The van der Waals surface area contributed by atoms with Gasteiger partial charge >= 0.3 is 17.9 Å². The van der Waals surface area contributed by atoms with Gasteiger partial charge in [0.1, 0.15) is 6.61 Å². The minimum Gasteiger partial charge on any atom is -0.457 e. The van der Waals surface area contributed by atoms with Gasteiger partial charge in [0, 0.05) is 14.0 Å². The smallest absolute Gasteiger partial charge is 0.343 e. The number of esters is 2. The van der Waals surface area contributed by atoms with Gasteiger partial charge in [-0.3, -0.25) is 0 Å². The molecule has 0 aromatic heterocycles. The van der Waals surface area contributed by atoms with Crippen LogP contribution in [-0.4, -0.2) is 31.6 Å². The molecule has 0 aliphatic carbocycles. The van der Waals surface area contributed by atoms with Crippen molar-refractivity contribution in [3.05, 3.63) is 71.3 Å². The molecule has 6 nitrogen and oxygen atoms in total. The van der Waals surface area contributed by atoms with Crippen LogP contribution >= 0.6 is 0 Å². The molecule has 0 spiro atoms. The number of rotatable bonds is 8. The molecule has 1 unspecified atom stereocenters. The highest BCUT2D eigenvalue weighted by molar-refractivity contribution is 6.03. The molecule has 0 radical (unpaired) electrons. The van der Waals surface area contributed by atoms with Gasteiger partial charge in [0.25, 0.3) is 0 Å². The molecule has 0 heterocycles. The Bertz CT molecular complexity index is 743. The summed E-state index contributed by atoms with van der Waals surface area (Å²) >= 11 is 0. The lowest BCUT2D eigenvalue weighted by Gasteiger charge is -2.27. The summed E-state index contributed by atoms with van der Waals surface area (Å²) in [7, 11) is 1.36. The van der Waals surface area contributed by atoms with Crippen molar-refractivity contribution in [2.24, 2.45) is 0 Å². The zero-order valence-corrected chi connectivity index (χ0v) is 15.1. The first-order valence-corrected chi connectivity index (χ1v) is 8.21. The average molecular weight is 358 g/mol. The molecule has 0 amide bonds. The fourth-order valence-corrected chi connectivity index (χ4v) is 2.26. The van der Waals surface area contributed by atoms with Crippen LogP contribution in [0.4, 0.5) is 0 Å². The maximum atomic E-state index is 12.5. The Labute approximate surface area is 152 Å². The molecule has 6 heteroatoms. The van der Waals surface area contributed by atoms with Gasteiger partial charge in [-0.15, -0.1) is 0 Å². The largest absolute Gasteiger partial charge is 0.457 e. The minimum absolute atomic E-state index is 0.0774. The molecule has 2 aromatic rings. The summed E-state index contributed by atoms with van der Waals surface area (Å²) in [6.07, 6.45) is 0.